The molecule has 2 amide bonds. The standard InChI is InChI=1S/C18H19FN2O4/c1-24-11-18(23)21-15-10-14(6-7-16(15)25-2)20-17(22)9-12-4-3-5-13(19)8-12/h3-8,10H,9,11H2,1-2H3,(H,20,22)(H,21,23). The Morgan fingerprint density at radius 3 is 2.52 bits per heavy atom. The minimum atomic E-state index is -0.391. The molecule has 0 fully saturated rings. The van der Waals surface area contributed by atoms with Gasteiger partial charge < -0.3 is 20.1 Å². The lowest BCUT2D eigenvalue weighted by Crippen LogP contribution is -2.18. The van der Waals surface area contributed by atoms with Crippen LogP contribution in [0.5, 0.6) is 5.75 Å². The van der Waals surface area contributed by atoms with Crippen molar-refractivity contribution in [1.82, 2.24) is 0 Å². The summed E-state index contributed by atoms with van der Waals surface area (Å²) in [6.45, 7) is -0.0979. The first-order chi connectivity index (χ1) is 12.0. The lowest BCUT2D eigenvalue weighted by atomic mass is 10.1. The molecule has 2 aromatic carbocycles. The first-order valence-electron chi connectivity index (χ1n) is 7.53. The minimum Gasteiger partial charge on any atom is -0.495 e. The van der Waals surface area contributed by atoms with Gasteiger partial charge in [0.15, 0.2) is 0 Å². The fourth-order valence-corrected chi connectivity index (χ4v) is 2.24. The van der Waals surface area contributed by atoms with Crippen LogP contribution in [0.2, 0.25) is 0 Å². The number of ether oxygens (including phenoxy) is 2. The van der Waals surface area contributed by atoms with Crippen LogP contribution >= 0.6 is 0 Å². The zero-order valence-electron chi connectivity index (χ0n) is 14.0. The first-order valence-corrected chi connectivity index (χ1v) is 7.53. The number of benzene rings is 2. The quantitative estimate of drug-likeness (QED) is 0.808. The average molecular weight is 346 g/mol. The Morgan fingerprint density at radius 2 is 1.84 bits per heavy atom. The molecule has 0 aromatic heterocycles. The zero-order chi connectivity index (χ0) is 18.2. The first kappa shape index (κ1) is 18.4. The van der Waals surface area contributed by atoms with E-state index in [4.69, 9.17) is 9.47 Å². The highest BCUT2D eigenvalue weighted by molar-refractivity contribution is 5.96. The van der Waals surface area contributed by atoms with Crippen molar-refractivity contribution in [2.24, 2.45) is 0 Å². The van der Waals surface area contributed by atoms with Crippen molar-refractivity contribution in [2.45, 2.75) is 6.42 Å². The van der Waals surface area contributed by atoms with E-state index in [9.17, 15) is 14.0 Å². The van der Waals surface area contributed by atoms with E-state index in [0.29, 0.717) is 22.7 Å². The predicted molar refractivity (Wildman–Crippen MR) is 92.2 cm³/mol. The van der Waals surface area contributed by atoms with Gasteiger partial charge in [0.05, 0.1) is 19.2 Å². The van der Waals surface area contributed by atoms with Gasteiger partial charge in [-0.3, -0.25) is 9.59 Å². The Labute approximate surface area is 144 Å². The number of anilines is 2. The largest absolute Gasteiger partial charge is 0.495 e. The fraction of sp³-hybridized carbons (Fsp3) is 0.222. The van der Waals surface area contributed by atoms with Crippen molar-refractivity contribution in [3.05, 3.63) is 53.8 Å². The number of amides is 2. The number of halogens is 1. The third-order valence-corrected chi connectivity index (χ3v) is 3.29. The van der Waals surface area contributed by atoms with E-state index in [1.54, 1.807) is 30.3 Å². The van der Waals surface area contributed by atoms with Crippen LogP contribution < -0.4 is 15.4 Å². The summed E-state index contributed by atoms with van der Waals surface area (Å²) in [7, 11) is 2.89. The Morgan fingerprint density at radius 1 is 1.04 bits per heavy atom. The van der Waals surface area contributed by atoms with Crippen molar-refractivity contribution in [1.29, 1.82) is 0 Å². The number of hydrogen-bond donors (Lipinski definition) is 2. The third-order valence-electron chi connectivity index (χ3n) is 3.29. The van der Waals surface area contributed by atoms with Crippen molar-refractivity contribution in [3.8, 4) is 5.75 Å². The van der Waals surface area contributed by atoms with Gasteiger partial charge >= 0.3 is 0 Å². The highest BCUT2D eigenvalue weighted by Gasteiger charge is 2.11. The van der Waals surface area contributed by atoms with Gasteiger partial charge in [0, 0.05) is 12.8 Å². The van der Waals surface area contributed by atoms with Crippen molar-refractivity contribution >= 4 is 23.2 Å². The normalized spacial score (nSPS) is 10.2. The lowest BCUT2D eigenvalue weighted by molar-refractivity contribution is -0.119. The lowest BCUT2D eigenvalue weighted by Gasteiger charge is -2.12. The molecule has 2 aromatic rings. The number of rotatable bonds is 7. The Kier molecular flexibility index (Phi) is 6.47. The van der Waals surface area contributed by atoms with Crippen LogP contribution in [-0.2, 0) is 20.7 Å². The van der Waals surface area contributed by atoms with Gasteiger partial charge in [-0.15, -0.1) is 0 Å². The Bertz CT molecular complexity index is 764. The van der Waals surface area contributed by atoms with Gasteiger partial charge in [0.2, 0.25) is 11.8 Å². The molecule has 0 saturated heterocycles. The van der Waals surface area contributed by atoms with E-state index in [1.165, 1.54) is 26.4 Å². The van der Waals surface area contributed by atoms with Crippen molar-refractivity contribution in [3.63, 3.8) is 0 Å². The summed E-state index contributed by atoms with van der Waals surface area (Å²) < 4.78 is 23.1. The molecule has 6 nitrogen and oxygen atoms in total. The molecule has 0 unspecified atom stereocenters. The minimum absolute atomic E-state index is 0.0369. The zero-order valence-corrected chi connectivity index (χ0v) is 14.0. The molecule has 0 aliphatic rings. The second-order valence-electron chi connectivity index (χ2n) is 5.25. The molecular formula is C18H19FN2O4. The molecule has 0 spiro atoms. The van der Waals surface area contributed by atoms with E-state index in [1.807, 2.05) is 0 Å². The summed E-state index contributed by atoms with van der Waals surface area (Å²) in [4.78, 5) is 23.8. The molecule has 25 heavy (non-hydrogen) atoms. The van der Waals surface area contributed by atoms with Crippen LogP contribution in [-0.4, -0.2) is 32.6 Å². The van der Waals surface area contributed by atoms with Crippen LogP contribution in [0.25, 0.3) is 0 Å². The van der Waals surface area contributed by atoms with Crippen LogP contribution in [0, 0.1) is 5.82 Å². The molecule has 0 bridgehead atoms. The smallest absolute Gasteiger partial charge is 0.250 e. The van der Waals surface area contributed by atoms with Crippen LogP contribution in [0.4, 0.5) is 15.8 Å². The number of nitrogens with one attached hydrogen (secondary N) is 2. The molecule has 7 heteroatoms. The summed E-state index contributed by atoms with van der Waals surface area (Å²) in [5.74, 6) is -0.584. The Balaban J connectivity index is 2.08. The SMILES string of the molecule is COCC(=O)Nc1cc(NC(=O)Cc2cccc(F)c2)ccc1OC. The third kappa shape index (κ3) is 5.58. The van der Waals surface area contributed by atoms with Gasteiger partial charge in [-0.2, -0.15) is 0 Å². The molecular weight excluding hydrogens is 327 g/mol. The van der Waals surface area contributed by atoms with Gasteiger partial charge in [-0.1, -0.05) is 12.1 Å². The number of carbonyl (C=O) groups is 2. The van der Waals surface area contributed by atoms with Gasteiger partial charge in [-0.05, 0) is 35.9 Å². The highest BCUT2D eigenvalue weighted by atomic mass is 19.1. The molecule has 0 radical (unpaired) electrons. The molecule has 0 saturated carbocycles. The van der Waals surface area contributed by atoms with Crippen LogP contribution in [0.15, 0.2) is 42.5 Å². The molecule has 0 heterocycles. The molecule has 0 aliphatic carbocycles. The molecule has 0 aliphatic heterocycles. The maximum Gasteiger partial charge on any atom is 0.250 e. The molecule has 0 atom stereocenters. The Hall–Kier alpha value is -2.93. The van der Waals surface area contributed by atoms with E-state index in [2.05, 4.69) is 10.6 Å². The van der Waals surface area contributed by atoms with Crippen LogP contribution in [0.3, 0.4) is 0 Å². The second-order valence-corrected chi connectivity index (χ2v) is 5.25. The molecule has 2 N–H and O–H groups in total. The number of carbonyl (C=O) groups excluding carboxylic acids is 2. The average Bonchev–Trinajstić information content (AvgIpc) is 2.55. The molecule has 132 valence electrons. The summed E-state index contributed by atoms with van der Waals surface area (Å²) in [6.07, 6.45) is 0.0369. The van der Waals surface area contributed by atoms with Crippen molar-refractivity contribution in [2.75, 3.05) is 31.5 Å². The second kappa shape index (κ2) is 8.79. The van der Waals surface area contributed by atoms with Gasteiger partial charge in [-0.25, -0.2) is 4.39 Å². The molecule has 2 rings (SSSR count). The van der Waals surface area contributed by atoms with E-state index in [0.717, 1.165) is 0 Å². The van der Waals surface area contributed by atoms with Crippen LogP contribution in [0.1, 0.15) is 5.56 Å². The maximum atomic E-state index is 13.2. The number of hydrogen-bond acceptors (Lipinski definition) is 4. The number of methoxy groups -OCH3 is 2. The predicted octanol–water partition coefficient (Wildman–Crippen LogP) is 2.60. The van der Waals surface area contributed by atoms with E-state index >= 15 is 0 Å². The summed E-state index contributed by atoms with van der Waals surface area (Å²) in [6, 6.07) is 10.7. The maximum absolute atomic E-state index is 13.2. The monoisotopic (exact) mass is 346 g/mol. The summed E-state index contributed by atoms with van der Waals surface area (Å²) in [5, 5.41) is 5.35. The summed E-state index contributed by atoms with van der Waals surface area (Å²) >= 11 is 0. The fourth-order valence-electron chi connectivity index (χ4n) is 2.24. The van der Waals surface area contributed by atoms with Gasteiger partial charge in [0.1, 0.15) is 18.2 Å². The van der Waals surface area contributed by atoms with E-state index in [-0.39, 0.29) is 24.8 Å². The highest BCUT2D eigenvalue weighted by Crippen LogP contribution is 2.28. The van der Waals surface area contributed by atoms with E-state index < -0.39 is 5.82 Å². The topological polar surface area (TPSA) is 76.7 Å². The van der Waals surface area contributed by atoms with Gasteiger partial charge in [0.25, 0.3) is 0 Å². The van der Waals surface area contributed by atoms with Crippen molar-refractivity contribution < 1.29 is 23.5 Å². The summed E-state index contributed by atoms with van der Waals surface area (Å²) in [5.41, 5.74) is 1.46.